The second-order valence-electron chi connectivity index (χ2n) is 4.44. The predicted octanol–water partition coefficient (Wildman–Crippen LogP) is -0.219. The summed E-state index contributed by atoms with van der Waals surface area (Å²) in [5, 5.41) is 18.8. The van der Waals surface area contributed by atoms with Gasteiger partial charge in [-0.25, -0.2) is 0 Å². The molecule has 0 radical (unpaired) electrons. The van der Waals surface area contributed by atoms with Crippen LogP contribution in [0.15, 0.2) is 9.69 Å². The van der Waals surface area contributed by atoms with Crippen LogP contribution in [-0.4, -0.2) is 57.9 Å². The number of aliphatic hydroxyl groups excluding tert-OH is 2. The topological polar surface area (TPSA) is 142 Å². The Morgan fingerprint density at radius 3 is 2.56 bits per heavy atom. The van der Waals surface area contributed by atoms with E-state index in [1.165, 1.54) is 0 Å². The van der Waals surface area contributed by atoms with Gasteiger partial charge in [-0.15, -0.1) is 24.6 Å². The smallest absolute Gasteiger partial charge is 0.268 e. The Balaban J connectivity index is 0.00000134. The molecular formula is C15H24N4O5S. The maximum atomic E-state index is 11.8. The average molecular weight is 372 g/mol. The molecule has 2 heterocycles. The van der Waals surface area contributed by atoms with Gasteiger partial charge >= 0.3 is 0 Å². The van der Waals surface area contributed by atoms with Crippen molar-refractivity contribution in [3.8, 4) is 12.8 Å². The number of H-pyrrole nitrogens is 1. The van der Waals surface area contributed by atoms with Crippen LogP contribution in [0.25, 0.3) is 0 Å². The number of nitrogens with zero attached hydrogens (tertiary/aromatic N) is 2. The highest BCUT2D eigenvalue weighted by atomic mass is 32.2. The normalized spacial score (nSPS) is 21.3. The van der Waals surface area contributed by atoms with Gasteiger partial charge in [-0.2, -0.15) is 4.98 Å². The second-order valence-corrected chi connectivity index (χ2v) is 5.25. The molecule has 1 aromatic rings. The van der Waals surface area contributed by atoms with E-state index in [1.807, 2.05) is 13.8 Å². The number of hydrogen-bond donors (Lipinski definition) is 4. The highest BCUT2D eigenvalue weighted by molar-refractivity contribution is 7.98. The molecule has 1 aliphatic rings. The van der Waals surface area contributed by atoms with Crippen molar-refractivity contribution in [2.24, 2.45) is 0 Å². The molecule has 1 fully saturated rings. The monoisotopic (exact) mass is 372 g/mol. The largest absolute Gasteiger partial charge is 0.394 e. The number of nitrogens with two attached hydrogens (primary N) is 1. The van der Waals surface area contributed by atoms with E-state index >= 15 is 0 Å². The highest BCUT2D eigenvalue weighted by Gasteiger charge is 2.38. The molecule has 1 saturated heterocycles. The van der Waals surface area contributed by atoms with Crippen LogP contribution in [-0.2, 0) is 9.53 Å². The summed E-state index contributed by atoms with van der Waals surface area (Å²) in [6.07, 6.45) is 7.71. The first-order chi connectivity index (χ1) is 12.0. The first kappa shape index (κ1) is 22.9. The van der Waals surface area contributed by atoms with Crippen LogP contribution >= 0.6 is 11.8 Å². The van der Waals surface area contributed by atoms with Gasteiger partial charge in [-0.3, -0.25) is 19.5 Å². The third-order valence-corrected chi connectivity index (χ3v) is 3.91. The molecule has 2 rings (SSSR count). The van der Waals surface area contributed by atoms with Gasteiger partial charge in [0.1, 0.15) is 17.2 Å². The van der Waals surface area contributed by atoms with Crippen LogP contribution in [0.5, 0.6) is 0 Å². The molecule has 10 heteroatoms. The Morgan fingerprint density at radius 1 is 1.52 bits per heavy atom. The van der Waals surface area contributed by atoms with Crippen LogP contribution in [0.2, 0.25) is 0 Å². The van der Waals surface area contributed by atoms with Crippen molar-refractivity contribution in [3.05, 3.63) is 10.4 Å². The number of terminal acetylenes is 1. The van der Waals surface area contributed by atoms with Crippen molar-refractivity contribution < 1.29 is 19.7 Å². The van der Waals surface area contributed by atoms with Crippen molar-refractivity contribution in [2.75, 3.05) is 23.5 Å². The Bertz CT molecular complexity index is 622. The quantitative estimate of drug-likeness (QED) is 0.316. The summed E-state index contributed by atoms with van der Waals surface area (Å²) in [5.74, 6) is -0.0635. The number of carbonyl (C=O) groups excluding carboxylic acids is 1. The Hall–Kier alpha value is -2.06. The summed E-state index contributed by atoms with van der Waals surface area (Å²) >= 11 is 1.11. The Morgan fingerprint density at radius 2 is 2.12 bits per heavy atom. The molecule has 25 heavy (non-hydrogen) atoms. The lowest BCUT2D eigenvalue weighted by atomic mass is 10.2. The fourth-order valence-corrected chi connectivity index (χ4v) is 2.70. The first-order valence-electron chi connectivity index (χ1n) is 7.47. The number of nitrogen functional groups attached to an aromatic ring is 1. The minimum absolute atomic E-state index is 0.0644. The predicted molar refractivity (Wildman–Crippen MR) is 97.2 cm³/mol. The van der Waals surface area contributed by atoms with Gasteiger partial charge in [0, 0.05) is 6.42 Å². The first-order valence-corrected chi connectivity index (χ1v) is 8.69. The zero-order chi connectivity index (χ0) is 19.6. The van der Waals surface area contributed by atoms with E-state index in [0.29, 0.717) is 6.41 Å². The number of nitrogens with one attached hydrogen (secondary N) is 1. The molecule has 0 spiro atoms. The van der Waals surface area contributed by atoms with Crippen molar-refractivity contribution in [3.63, 3.8) is 0 Å². The van der Waals surface area contributed by atoms with Crippen LogP contribution in [0.1, 0.15) is 20.3 Å². The second kappa shape index (κ2) is 11.5. The molecule has 1 aromatic heterocycles. The SMILES string of the molecule is C#C.CC.CSc1c(N(C=O)C2CC(O)C(CO)O2)nc(N)[nH]c1=O. The van der Waals surface area contributed by atoms with Crippen molar-refractivity contribution in [1.82, 2.24) is 9.97 Å². The molecule has 3 unspecified atom stereocenters. The Kier molecular flexibility index (Phi) is 10.5. The molecular weight excluding hydrogens is 348 g/mol. The highest BCUT2D eigenvalue weighted by Crippen LogP contribution is 2.29. The molecule has 140 valence electrons. The van der Waals surface area contributed by atoms with E-state index < -0.39 is 24.0 Å². The number of carbonyl (C=O) groups is 1. The van der Waals surface area contributed by atoms with Crippen molar-refractivity contribution in [1.29, 1.82) is 0 Å². The number of aromatic nitrogens is 2. The van der Waals surface area contributed by atoms with E-state index in [1.54, 1.807) is 6.26 Å². The maximum absolute atomic E-state index is 11.8. The van der Waals surface area contributed by atoms with Gasteiger partial charge < -0.3 is 20.7 Å². The van der Waals surface area contributed by atoms with Crippen molar-refractivity contribution in [2.45, 2.75) is 43.6 Å². The number of ether oxygens (including phenoxy) is 1. The van der Waals surface area contributed by atoms with Gasteiger partial charge in [0.15, 0.2) is 5.82 Å². The minimum Gasteiger partial charge on any atom is -0.394 e. The molecule has 0 aromatic carbocycles. The van der Waals surface area contributed by atoms with Crippen LogP contribution < -0.4 is 16.2 Å². The maximum Gasteiger partial charge on any atom is 0.268 e. The van der Waals surface area contributed by atoms with Gasteiger partial charge in [-0.1, -0.05) is 13.8 Å². The lowest BCUT2D eigenvalue weighted by Crippen LogP contribution is -2.37. The molecule has 5 N–H and O–H groups in total. The molecule has 1 amide bonds. The standard InChI is InChI=1S/C11H16N4O5S.C2H6.C2H2/c1-21-8-9(13-11(12)14-10(8)19)15(4-17)7-2-5(18)6(3-16)20-7;2*1-2/h4-7,16,18H,2-3H2,1H3,(H3,12,13,14,19);1-2H3;1-2H. The molecule has 1 aliphatic heterocycles. The van der Waals surface area contributed by atoms with Crippen LogP contribution in [0, 0.1) is 12.8 Å². The number of aliphatic hydroxyl groups is 2. The zero-order valence-corrected chi connectivity index (χ0v) is 15.2. The summed E-state index contributed by atoms with van der Waals surface area (Å²) in [6, 6.07) is 0. The van der Waals surface area contributed by atoms with Crippen LogP contribution in [0.4, 0.5) is 11.8 Å². The minimum atomic E-state index is -0.903. The molecule has 0 saturated carbocycles. The number of amides is 1. The number of anilines is 2. The average Bonchev–Trinajstić information content (AvgIpc) is 2.99. The lowest BCUT2D eigenvalue weighted by molar-refractivity contribution is -0.110. The number of thioether (sulfide) groups is 1. The van der Waals surface area contributed by atoms with E-state index in [4.69, 9.17) is 15.6 Å². The van der Waals surface area contributed by atoms with E-state index in [9.17, 15) is 14.7 Å². The Labute approximate surface area is 150 Å². The molecule has 0 aliphatic carbocycles. The van der Waals surface area contributed by atoms with E-state index in [2.05, 4.69) is 22.8 Å². The van der Waals surface area contributed by atoms with E-state index in [-0.39, 0.29) is 29.7 Å². The zero-order valence-electron chi connectivity index (χ0n) is 14.4. The molecule has 3 atom stereocenters. The van der Waals surface area contributed by atoms with Gasteiger partial charge in [0.2, 0.25) is 12.4 Å². The number of hydrogen-bond acceptors (Lipinski definition) is 8. The summed E-state index contributed by atoms with van der Waals surface area (Å²) in [4.78, 5) is 30.8. The fourth-order valence-electron chi connectivity index (χ4n) is 2.13. The van der Waals surface area contributed by atoms with Gasteiger partial charge in [0.05, 0.1) is 12.7 Å². The summed E-state index contributed by atoms with van der Waals surface area (Å²) in [6.45, 7) is 3.63. The lowest BCUT2D eigenvalue weighted by Gasteiger charge is -2.24. The molecule has 0 bridgehead atoms. The molecule has 9 nitrogen and oxygen atoms in total. The third-order valence-electron chi connectivity index (χ3n) is 3.13. The van der Waals surface area contributed by atoms with Crippen LogP contribution in [0.3, 0.4) is 0 Å². The fraction of sp³-hybridized carbons (Fsp3) is 0.533. The number of rotatable bonds is 5. The third kappa shape index (κ3) is 5.47. The summed E-state index contributed by atoms with van der Waals surface area (Å²) < 4.78 is 5.40. The number of aromatic amines is 1. The summed E-state index contributed by atoms with van der Waals surface area (Å²) in [5.41, 5.74) is 5.04. The summed E-state index contributed by atoms with van der Waals surface area (Å²) in [7, 11) is 0. The van der Waals surface area contributed by atoms with E-state index in [0.717, 1.165) is 16.7 Å². The van der Waals surface area contributed by atoms with Gasteiger partial charge in [0.25, 0.3) is 5.56 Å². The van der Waals surface area contributed by atoms with Gasteiger partial charge in [-0.05, 0) is 6.26 Å². The van der Waals surface area contributed by atoms with Crippen molar-refractivity contribution >= 4 is 29.9 Å².